The van der Waals surface area contributed by atoms with Crippen LogP contribution in [0.2, 0.25) is 0 Å². The van der Waals surface area contributed by atoms with Crippen molar-refractivity contribution in [3.8, 4) is 11.5 Å². The molecule has 0 saturated heterocycles. The van der Waals surface area contributed by atoms with Crippen LogP contribution < -0.4 is 9.47 Å². The molecule has 0 heterocycles. The van der Waals surface area contributed by atoms with E-state index in [4.69, 9.17) is 26.2 Å². The number of ether oxygens (including phenoxy) is 2. The Morgan fingerprint density at radius 3 is 1.36 bits per heavy atom. The molecular weight excluding hydrogens is 590 g/mol. The van der Waals surface area contributed by atoms with Gasteiger partial charge in [0.15, 0.2) is 0 Å². The molecule has 0 amide bonds. The number of hydrogen-bond donors (Lipinski definition) is 1. The quantitative estimate of drug-likeness (QED) is 0.160. The van der Waals surface area contributed by atoms with Gasteiger partial charge in [-0.05, 0) is 59.1 Å². The number of hydrogen-bond acceptors (Lipinski definition) is 4. The highest BCUT2D eigenvalue weighted by Gasteiger charge is 2.36. The minimum absolute atomic E-state index is 0.00190. The Morgan fingerprint density at radius 1 is 0.619 bits per heavy atom. The molecule has 0 aromatic heterocycles. The Balaban J connectivity index is 0.000000230. The summed E-state index contributed by atoms with van der Waals surface area (Å²) in [4.78, 5) is 21.7. The zero-order valence-corrected chi connectivity index (χ0v) is 22.1. The number of carbonyl (C=O) groups excluding carboxylic acids is 1. The lowest BCUT2D eigenvalue weighted by Crippen LogP contribution is -2.11. The summed E-state index contributed by atoms with van der Waals surface area (Å²) in [6, 6.07) is 23.2. The van der Waals surface area contributed by atoms with Gasteiger partial charge in [-0.3, -0.25) is 4.79 Å². The summed E-state index contributed by atoms with van der Waals surface area (Å²) < 4.78 is 88.2. The van der Waals surface area contributed by atoms with Gasteiger partial charge in [0.05, 0.1) is 16.7 Å². The third-order valence-corrected chi connectivity index (χ3v) is 5.74. The average Bonchev–Trinajstić information content (AvgIpc) is 2.95. The van der Waals surface area contributed by atoms with Gasteiger partial charge in [0, 0.05) is 5.56 Å². The summed E-state index contributed by atoms with van der Waals surface area (Å²) in [5.74, 6) is -2.15. The first-order valence-corrected chi connectivity index (χ1v) is 12.3. The number of alkyl halides is 6. The van der Waals surface area contributed by atoms with Gasteiger partial charge in [0.25, 0.3) is 5.24 Å². The van der Waals surface area contributed by atoms with Crippen molar-refractivity contribution in [3.63, 3.8) is 0 Å². The van der Waals surface area contributed by atoms with Crippen LogP contribution in [0.25, 0.3) is 0 Å². The van der Waals surface area contributed by atoms with E-state index in [9.17, 15) is 35.9 Å². The first-order chi connectivity index (χ1) is 19.8. The van der Waals surface area contributed by atoms with Crippen LogP contribution in [0.4, 0.5) is 26.3 Å². The van der Waals surface area contributed by atoms with Gasteiger partial charge in [0.2, 0.25) is 0 Å². The van der Waals surface area contributed by atoms with Gasteiger partial charge >= 0.3 is 18.3 Å². The van der Waals surface area contributed by atoms with Gasteiger partial charge in [-0.2, -0.15) is 26.3 Å². The summed E-state index contributed by atoms with van der Waals surface area (Å²) in [5.41, 5.74) is -1.33. The Morgan fingerprint density at radius 2 is 1.00 bits per heavy atom. The molecule has 0 aliphatic heterocycles. The molecule has 0 atom stereocenters. The second-order valence-electron chi connectivity index (χ2n) is 8.54. The van der Waals surface area contributed by atoms with E-state index >= 15 is 0 Å². The number of benzene rings is 4. The lowest BCUT2D eigenvalue weighted by atomic mass is 10.1. The van der Waals surface area contributed by atoms with E-state index in [-0.39, 0.29) is 24.5 Å². The highest BCUT2D eigenvalue weighted by Crippen LogP contribution is 2.38. The van der Waals surface area contributed by atoms with Crippen molar-refractivity contribution in [2.45, 2.75) is 25.6 Å². The normalized spacial score (nSPS) is 11.2. The van der Waals surface area contributed by atoms with Crippen molar-refractivity contribution in [2.24, 2.45) is 0 Å². The predicted octanol–water partition coefficient (Wildman–Crippen LogP) is 8.65. The van der Waals surface area contributed by atoms with Crippen molar-refractivity contribution in [1.82, 2.24) is 0 Å². The highest BCUT2D eigenvalue weighted by molar-refractivity contribution is 6.67. The molecule has 4 rings (SSSR count). The van der Waals surface area contributed by atoms with Crippen molar-refractivity contribution >= 4 is 22.8 Å². The second kappa shape index (κ2) is 13.9. The standard InChI is InChI=1S/C15H10ClF3O2.C15H11F3O3/c16-14(20)11-6-7-13(12(8-11)15(17,18)19)21-9-10-4-2-1-3-5-10;16-15(17,18)12-8-11(14(19)20)6-7-13(12)21-9-10-4-2-1-3-5-10/h1-8H,9H2;1-8H,9H2,(H,19,20). The highest BCUT2D eigenvalue weighted by atomic mass is 35.5. The molecule has 1 N–H and O–H groups in total. The van der Waals surface area contributed by atoms with Crippen molar-refractivity contribution in [3.05, 3.63) is 130 Å². The van der Waals surface area contributed by atoms with Crippen LogP contribution in [0, 0.1) is 0 Å². The topological polar surface area (TPSA) is 72.8 Å². The maximum atomic E-state index is 13.0. The first kappa shape index (κ1) is 32.0. The van der Waals surface area contributed by atoms with E-state index in [1.165, 1.54) is 6.07 Å². The van der Waals surface area contributed by atoms with Crippen LogP contribution in [0.1, 0.15) is 43.0 Å². The molecule has 0 unspecified atom stereocenters. The molecule has 0 aliphatic rings. The van der Waals surface area contributed by atoms with Gasteiger partial charge in [0.1, 0.15) is 24.7 Å². The molecule has 4 aromatic rings. The summed E-state index contributed by atoms with van der Waals surface area (Å²) in [6.45, 7) is -0.0333. The third-order valence-electron chi connectivity index (χ3n) is 5.52. The Kier molecular flexibility index (Phi) is 10.6. The number of rotatable bonds is 8. The lowest BCUT2D eigenvalue weighted by Gasteiger charge is -2.14. The van der Waals surface area contributed by atoms with Gasteiger partial charge in [-0.15, -0.1) is 0 Å². The molecule has 12 heteroatoms. The maximum Gasteiger partial charge on any atom is 0.419 e. The Bertz CT molecular complexity index is 1390. The molecule has 0 spiro atoms. The summed E-state index contributed by atoms with van der Waals surface area (Å²) in [7, 11) is 0. The smallest absolute Gasteiger partial charge is 0.419 e. The molecule has 4 aromatic carbocycles. The van der Waals surface area contributed by atoms with Crippen LogP contribution in [0.3, 0.4) is 0 Å². The predicted molar refractivity (Wildman–Crippen MR) is 142 cm³/mol. The molecule has 42 heavy (non-hydrogen) atoms. The fourth-order valence-electron chi connectivity index (χ4n) is 3.48. The van der Waals surface area contributed by atoms with Gasteiger partial charge in [-0.25, -0.2) is 4.79 Å². The van der Waals surface area contributed by atoms with Crippen molar-refractivity contribution in [1.29, 1.82) is 0 Å². The minimum Gasteiger partial charge on any atom is -0.488 e. The number of carbonyl (C=O) groups is 2. The number of carboxylic acids is 1. The van der Waals surface area contributed by atoms with Gasteiger partial charge in [-0.1, -0.05) is 60.7 Å². The molecule has 220 valence electrons. The largest absolute Gasteiger partial charge is 0.488 e. The van der Waals surface area contributed by atoms with Crippen LogP contribution in [0.5, 0.6) is 11.5 Å². The lowest BCUT2D eigenvalue weighted by molar-refractivity contribution is -0.139. The summed E-state index contributed by atoms with van der Waals surface area (Å²) in [5, 5.41) is 7.82. The molecule has 5 nitrogen and oxygen atoms in total. The average molecular weight is 611 g/mol. The Labute approximate surface area is 240 Å². The van der Waals surface area contributed by atoms with Gasteiger partial charge < -0.3 is 14.6 Å². The molecule has 0 radical (unpaired) electrons. The molecule has 0 fully saturated rings. The molecule has 0 saturated carbocycles. The minimum atomic E-state index is -4.68. The van der Waals surface area contributed by atoms with Crippen LogP contribution in [-0.4, -0.2) is 16.3 Å². The maximum absolute atomic E-state index is 13.0. The van der Waals surface area contributed by atoms with E-state index in [0.29, 0.717) is 17.7 Å². The zero-order valence-electron chi connectivity index (χ0n) is 21.4. The zero-order chi connectivity index (χ0) is 30.9. The summed E-state index contributed by atoms with van der Waals surface area (Å²) >= 11 is 5.20. The SMILES string of the molecule is O=C(Cl)c1ccc(OCc2ccccc2)c(C(F)(F)F)c1.O=C(O)c1ccc(OCc2ccccc2)c(C(F)(F)F)c1. The molecule has 0 aliphatic carbocycles. The van der Waals surface area contributed by atoms with Crippen LogP contribution in [-0.2, 0) is 25.6 Å². The van der Waals surface area contributed by atoms with E-state index < -0.39 is 46.0 Å². The first-order valence-electron chi connectivity index (χ1n) is 11.9. The second-order valence-corrected chi connectivity index (χ2v) is 8.89. The number of halogens is 7. The van der Waals surface area contributed by atoms with Crippen LogP contribution >= 0.6 is 11.6 Å². The Hall–Kier alpha value is -4.51. The van der Waals surface area contributed by atoms with Crippen LogP contribution in [0.15, 0.2) is 97.1 Å². The molecular formula is C30H21ClF6O5. The van der Waals surface area contributed by atoms with E-state index in [1.54, 1.807) is 60.7 Å². The third kappa shape index (κ3) is 9.27. The molecule has 0 bridgehead atoms. The number of carboxylic acid groups (broad SMARTS) is 1. The fraction of sp³-hybridized carbons (Fsp3) is 0.133. The van der Waals surface area contributed by atoms with E-state index in [1.807, 2.05) is 0 Å². The van der Waals surface area contributed by atoms with E-state index in [0.717, 1.165) is 23.8 Å². The monoisotopic (exact) mass is 610 g/mol. The number of aromatic carboxylic acids is 1. The van der Waals surface area contributed by atoms with Crippen molar-refractivity contribution < 1.29 is 50.5 Å². The van der Waals surface area contributed by atoms with E-state index in [2.05, 4.69) is 0 Å². The summed E-state index contributed by atoms with van der Waals surface area (Å²) in [6.07, 6.45) is -9.31. The fourth-order valence-corrected chi connectivity index (χ4v) is 3.60. The van der Waals surface area contributed by atoms with Crippen molar-refractivity contribution in [2.75, 3.05) is 0 Å².